The number of hydrogen-bond acceptors (Lipinski definition) is 4. The van der Waals surface area contributed by atoms with Gasteiger partial charge in [-0.1, -0.05) is 31.5 Å². The van der Waals surface area contributed by atoms with Gasteiger partial charge < -0.3 is 10.1 Å². The van der Waals surface area contributed by atoms with Crippen molar-refractivity contribution in [2.45, 2.75) is 33.6 Å². The van der Waals surface area contributed by atoms with Crippen LogP contribution in [0.25, 0.3) is 5.70 Å². The molecule has 5 nitrogen and oxygen atoms in total. The SMILES string of the molecule is CC(=NCC1(C#N)CCOCC1)NC(=CC(C)C)c1cc(F)ncc1Cl. The number of nitrogens with one attached hydrogen (secondary N) is 1. The normalized spacial score (nSPS) is 17.9. The first-order valence-corrected chi connectivity index (χ1v) is 9.03. The van der Waals surface area contributed by atoms with Gasteiger partial charge in [0.05, 0.1) is 28.9 Å². The topological polar surface area (TPSA) is 70.3 Å². The molecule has 7 heteroatoms. The third-order valence-electron chi connectivity index (χ3n) is 4.23. The fourth-order valence-corrected chi connectivity index (χ4v) is 2.93. The summed E-state index contributed by atoms with van der Waals surface area (Å²) in [4.78, 5) is 8.12. The lowest BCUT2D eigenvalue weighted by Crippen LogP contribution is -2.32. The molecule has 0 bridgehead atoms. The molecule has 0 spiro atoms. The Morgan fingerprint density at radius 2 is 2.23 bits per heavy atom. The molecule has 0 amide bonds. The maximum absolute atomic E-state index is 13.6. The Hall–Kier alpha value is -1.97. The van der Waals surface area contributed by atoms with E-state index in [2.05, 4.69) is 21.4 Å². The lowest BCUT2D eigenvalue weighted by molar-refractivity contribution is 0.0442. The number of nitrogens with zero attached hydrogens (tertiary/aromatic N) is 3. The quantitative estimate of drug-likeness (QED) is 0.473. The minimum Gasteiger partial charge on any atom is -0.381 e. The summed E-state index contributed by atoms with van der Waals surface area (Å²) in [6.07, 6.45) is 4.60. The van der Waals surface area contributed by atoms with Crippen LogP contribution in [0.2, 0.25) is 5.02 Å². The van der Waals surface area contributed by atoms with Gasteiger partial charge in [0, 0.05) is 36.7 Å². The number of aliphatic imine (C=N–C) groups is 1. The van der Waals surface area contributed by atoms with Crippen LogP contribution in [0.3, 0.4) is 0 Å². The first-order chi connectivity index (χ1) is 12.3. The first-order valence-electron chi connectivity index (χ1n) is 8.65. The Morgan fingerprint density at radius 1 is 1.54 bits per heavy atom. The van der Waals surface area contributed by atoms with E-state index >= 15 is 0 Å². The highest BCUT2D eigenvalue weighted by molar-refractivity contribution is 6.32. The van der Waals surface area contributed by atoms with Crippen molar-refractivity contribution in [2.24, 2.45) is 16.3 Å². The molecular weight excluding hydrogens is 355 g/mol. The van der Waals surface area contributed by atoms with Crippen LogP contribution in [-0.2, 0) is 4.74 Å². The summed E-state index contributed by atoms with van der Waals surface area (Å²) >= 11 is 6.19. The molecule has 1 aromatic heterocycles. The Kier molecular flexibility index (Phi) is 7.13. The monoisotopic (exact) mass is 378 g/mol. The minimum atomic E-state index is -0.596. The fourth-order valence-electron chi connectivity index (χ4n) is 2.72. The summed E-state index contributed by atoms with van der Waals surface area (Å²) in [5, 5.41) is 13.1. The Morgan fingerprint density at radius 3 is 2.85 bits per heavy atom. The van der Waals surface area contributed by atoms with Gasteiger partial charge in [-0.15, -0.1) is 0 Å². The predicted octanol–water partition coefficient (Wildman–Crippen LogP) is 4.20. The Balaban J connectivity index is 2.20. The third kappa shape index (κ3) is 5.52. The van der Waals surface area contributed by atoms with Crippen LogP contribution in [0.5, 0.6) is 0 Å². The highest BCUT2D eigenvalue weighted by atomic mass is 35.5. The molecule has 0 radical (unpaired) electrons. The van der Waals surface area contributed by atoms with E-state index < -0.39 is 11.4 Å². The zero-order chi connectivity index (χ0) is 19.2. The molecule has 0 aliphatic carbocycles. The van der Waals surface area contributed by atoms with Crippen LogP contribution in [0, 0.1) is 28.6 Å². The van der Waals surface area contributed by atoms with Crippen LogP contribution in [0.1, 0.15) is 39.2 Å². The number of ether oxygens (including phenoxy) is 1. The summed E-state index contributed by atoms with van der Waals surface area (Å²) < 4.78 is 18.9. The summed E-state index contributed by atoms with van der Waals surface area (Å²) in [6.45, 7) is 7.43. The molecule has 1 fully saturated rings. The van der Waals surface area contributed by atoms with E-state index in [9.17, 15) is 9.65 Å². The molecule has 0 unspecified atom stereocenters. The first kappa shape index (κ1) is 20.3. The number of nitriles is 1. The van der Waals surface area contributed by atoms with Crippen molar-refractivity contribution in [1.82, 2.24) is 10.3 Å². The number of hydrogen-bond donors (Lipinski definition) is 1. The number of pyridine rings is 1. The van der Waals surface area contributed by atoms with Crippen LogP contribution in [-0.4, -0.2) is 30.6 Å². The number of allylic oxidation sites excluding steroid dienone is 1. The van der Waals surface area contributed by atoms with Crippen molar-refractivity contribution in [3.63, 3.8) is 0 Å². The lowest BCUT2D eigenvalue weighted by atomic mass is 9.82. The highest BCUT2D eigenvalue weighted by Crippen LogP contribution is 2.30. The van der Waals surface area contributed by atoms with Gasteiger partial charge in [0.2, 0.25) is 5.95 Å². The van der Waals surface area contributed by atoms with Crippen LogP contribution >= 0.6 is 11.6 Å². The molecule has 26 heavy (non-hydrogen) atoms. The average Bonchev–Trinajstić information content (AvgIpc) is 2.62. The number of halogens is 2. The van der Waals surface area contributed by atoms with Crippen LogP contribution in [0.15, 0.2) is 23.3 Å². The van der Waals surface area contributed by atoms with Gasteiger partial charge in [-0.2, -0.15) is 9.65 Å². The molecule has 0 aromatic carbocycles. The third-order valence-corrected chi connectivity index (χ3v) is 4.53. The predicted molar refractivity (Wildman–Crippen MR) is 101 cm³/mol. The molecule has 1 saturated heterocycles. The smallest absolute Gasteiger partial charge is 0.213 e. The van der Waals surface area contributed by atoms with Crippen molar-refractivity contribution >= 4 is 23.1 Å². The molecule has 1 aromatic rings. The number of aromatic nitrogens is 1. The fraction of sp³-hybridized carbons (Fsp3) is 0.526. The summed E-state index contributed by atoms with van der Waals surface area (Å²) in [5.74, 6) is 0.269. The molecule has 1 aliphatic heterocycles. The molecule has 1 aliphatic rings. The van der Waals surface area contributed by atoms with E-state index in [-0.39, 0.29) is 5.92 Å². The Labute approximate surface area is 158 Å². The van der Waals surface area contributed by atoms with Crippen LogP contribution in [0.4, 0.5) is 4.39 Å². The molecule has 0 atom stereocenters. The minimum absolute atomic E-state index is 0.221. The van der Waals surface area contributed by atoms with Crippen molar-refractivity contribution in [1.29, 1.82) is 5.26 Å². The van der Waals surface area contributed by atoms with Gasteiger partial charge in [0.15, 0.2) is 0 Å². The molecule has 140 valence electrons. The molecule has 2 rings (SSSR count). The van der Waals surface area contributed by atoms with Gasteiger partial charge in [0.25, 0.3) is 0 Å². The van der Waals surface area contributed by atoms with E-state index in [4.69, 9.17) is 16.3 Å². The van der Waals surface area contributed by atoms with Crippen LogP contribution < -0.4 is 5.32 Å². The van der Waals surface area contributed by atoms with Crippen molar-refractivity contribution in [2.75, 3.05) is 19.8 Å². The molecular formula is C19H24ClFN4O. The van der Waals surface area contributed by atoms with Gasteiger partial charge in [-0.25, -0.2) is 4.98 Å². The van der Waals surface area contributed by atoms with Crippen molar-refractivity contribution in [3.8, 4) is 6.07 Å². The molecule has 0 saturated carbocycles. The highest BCUT2D eigenvalue weighted by Gasteiger charge is 2.32. The zero-order valence-electron chi connectivity index (χ0n) is 15.4. The maximum atomic E-state index is 13.6. The lowest BCUT2D eigenvalue weighted by Gasteiger charge is -2.29. The second-order valence-electron chi connectivity index (χ2n) is 6.84. The second-order valence-corrected chi connectivity index (χ2v) is 7.25. The van der Waals surface area contributed by atoms with E-state index in [1.807, 2.05) is 26.8 Å². The number of amidine groups is 1. The zero-order valence-corrected chi connectivity index (χ0v) is 16.1. The maximum Gasteiger partial charge on any atom is 0.213 e. The van der Waals surface area contributed by atoms with E-state index in [1.165, 1.54) is 12.3 Å². The van der Waals surface area contributed by atoms with E-state index in [0.29, 0.717) is 54.7 Å². The van der Waals surface area contributed by atoms with Gasteiger partial charge in [0.1, 0.15) is 0 Å². The van der Waals surface area contributed by atoms with E-state index in [0.717, 1.165) is 0 Å². The number of rotatable bonds is 5. The largest absolute Gasteiger partial charge is 0.381 e. The van der Waals surface area contributed by atoms with Gasteiger partial charge in [-0.3, -0.25) is 4.99 Å². The van der Waals surface area contributed by atoms with Gasteiger partial charge in [-0.05, 0) is 25.7 Å². The average molecular weight is 379 g/mol. The summed E-state index contributed by atoms with van der Waals surface area (Å²) in [5.41, 5.74) is 0.720. The molecule has 1 N–H and O–H groups in total. The standard InChI is InChI=1S/C19H24ClFN4O/c1-13(2)8-17(15-9-18(21)23-10-16(15)20)25-14(3)24-12-19(11-22)4-6-26-7-5-19/h8-10,13H,4-7,12H2,1-3H3,(H,24,25). The summed E-state index contributed by atoms with van der Waals surface area (Å²) in [7, 11) is 0. The van der Waals surface area contributed by atoms with E-state index in [1.54, 1.807) is 0 Å². The van der Waals surface area contributed by atoms with Crippen molar-refractivity contribution < 1.29 is 9.13 Å². The summed E-state index contributed by atoms with van der Waals surface area (Å²) in [6, 6.07) is 3.70. The second kappa shape index (κ2) is 9.11. The van der Waals surface area contributed by atoms with Gasteiger partial charge >= 0.3 is 0 Å². The van der Waals surface area contributed by atoms with Crippen molar-refractivity contribution in [3.05, 3.63) is 34.9 Å². The molecule has 2 heterocycles. The Bertz CT molecular complexity index is 734.